The van der Waals surface area contributed by atoms with E-state index < -0.39 is 0 Å². The highest BCUT2D eigenvalue weighted by Gasteiger charge is 2.08. The van der Waals surface area contributed by atoms with Gasteiger partial charge in [-0.2, -0.15) is 0 Å². The first-order valence-electron chi connectivity index (χ1n) is 5.26. The molecule has 0 fully saturated rings. The molecule has 0 atom stereocenters. The first kappa shape index (κ1) is 16.0. The lowest BCUT2D eigenvalue weighted by Gasteiger charge is -2.06. The van der Waals surface area contributed by atoms with E-state index in [2.05, 4.69) is 0 Å². The first-order chi connectivity index (χ1) is 8.58. The number of ketones is 1. The highest BCUT2D eigenvalue weighted by Crippen LogP contribution is 2.22. The van der Waals surface area contributed by atoms with Crippen molar-refractivity contribution in [1.29, 1.82) is 5.41 Å². The maximum absolute atomic E-state index is 12.0. The Labute approximate surface area is 131 Å². The lowest BCUT2D eigenvalue weighted by atomic mass is 10.1. The van der Waals surface area contributed by atoms with E-state index >= 15 is 0 Å². The van der Waals surface area contributed by atoms with E-state index in [1.807, 2.05) is 0 Å². The maximum atomic E-state index is 12.0. The molecule has 2 rings (SSSR count). The van der Waals surface area contributed by atoms with Crippen LogP contribution in [-0.4, -0.2) is 10.4 Å². The number of nitrogens with one attached hydrogen (secondary N) is 1. The van der Waals surface area contributed by atoms with Gasteiger partial charge in [0, 0.05) is 11.8 Å². The Morgan fingerprint density at radius 1 is 1.16 bits per heavy atom. The van der Waals surface area contributed by atoms with Crippen molar-refractivity contribution < 1.29 is 4.79 Å². The van der Waals surface area contributed by atoms with Crippen LogP contribution >= 0.6 is 40.2 Å². The van der Waals surface area contributed by atoms with Crippen LogP contribution in [0.2, 0.25) is 10.0 Å². The molecule has 0 spiro atoms. The van der Waals surface area contributed by atoms with Crippen LogP contribution < -0.4 is 5.49 Å². The molecule has 0 saturated heterocycles. The molecule has 1 heterocycles. The van der Waals surface area contributed by atoms with E-state index in [1.165, 1.54) is 0 Å². The van der Waals surface area contributed by atoms with Crippen molar-refractivity contribution in [2.45, 2.75) is 6.54 Å². The largest absolute Gasteiger partial charge is 0.326 e. The Hall–Kier alpha value is -1.10. The van der Waals surface area contributed by atoms with Crippen molar-refractivity contribution in [3.05, 3.63) is 63.7 Å². The van der Waals surface area contributed by atoms with Crippen LogP contribution in [0.4, 0.5) is 0 Å². The van der Waals surface area contributed by atoms with Gasteiger partial charge in [-0.15, -0.1) is 17.0 Å². The summed E-state index contributed by atoms with van der Waals surface area (Å²) in [5.41, 5.74) is 0.770. The minimum absolute atomic E-state index is 0. The first-order valence-corrected chi connectivity index (χ1v) is 6.02. The second-order valence-electron chi connectivity index (χ2n) is 3.77. The van der Waals surface area contributed by atoms with Crippen LogP contribution in [0.15, 0.2) is 42.6 Å². The number of pyridine rings is 1. The fourth-order valence-electron chi connectivity index (χ4n) is 1.53. The molecule has 0 radical (unpaired) electrons. The number of aromatic nitrogens is 1. The Morgan fingerprint density at radius 3 is 2.53 bits per heavy atom. The number of carbonyl (C=O) groups excluding carboxylic acids is 1. The van der Waals surface area contributed by atoms with Crippen LogP contribution in [-0.2, 0) is 6.54 Å². The minimum atomic E-state index is -0.113. The van der Waals surface area contributed by atoms with Gasteiger partial charge in [-0.3, -0.25) is 10.2 Å². The quantitative estimate of drug-likeness (QED) is 0.831. The van der Waals surface area contributed by atoms with Crippen molar-refractivity contribution in [3.63, 3.8) is 0 Å². The number of nitrogens with zero attached hydrogens (tertiary/aromatic N) is 1. The third-order valence-corrected chi connectivity index (χ3v) is 3.24. The number of rotatable bonds is 3. The smallest absolute Gasteiger partial charge is 0.182 e. The highest BCUT2D eigenvalue weighted by molar-refractivity contribution is 8.93. The average molecular weight is 362 g/mol. The molecule has 0 amide bonds. The summed E-state index contributed by atoms with van der Waals surface area (Å²) in [5, 5.41) is 8.44. The van der Waals surface area contributed by atoms with Gasteiger partial charge in [0.2, 0.25) is 0 Å². The second kappa shape index (κ2) is 6.89. The molecular weight excluding hydrogens is 351 g/mol. The monoisotopic (exact) mass is 360 g/mol. The van der Waals surface area contributed by atoms with Crippen LogP contribution in [0.1, 0.15) is 10.4 Å². The lowest BCUT2D eigenvalue weighted by Crippen LogP contribution is -2.22. The molecule has 0 aliphatic rings. The second-order valence-corrected chi connectivity index (χ2v) is 4.58. The van der Waals surface area contributed by atoms with Gasteiger partial charge >= 0.3 is 0 Å². The molecule has 0 saturated carbocycles. The molecule has 2 aromatic rings. The van der Waals surface area contributed by atoms with Gasteiger partial charge in [0.1, 0.15) is 5.49 Å². The Morgan fingerprint density at radius 2 is 1.89 bits per heavy atom. The summed E-state index contributed by atoms with van der Waals surface area (Å²) < 4.78 is 1.56. The van der Waals surface area contributed by atoms with Gasteiger partial charge in [0.25, 0.3) is 0 Å². The molecule has 0 aliphatic heterocycles. The van der Waals surface area contributed by atoms with Crippen LogP contribution in [0.5, 0.6) is 0 Å². The van der Waals surface area contributed by atoms with E-state index in [0.717, 1.165) is 0 Å². The Kier molecular flexibility index (Phi) is 5.79. The summed E-state index contributed by atoms with van der Waals surface area (Å²) in [6, 6.07) is 9.92. The molecule has 3 nitrogen and oxygen atoms in total. The molecule has 0 unspecified atom stereocenters. The van der Waals surface area contributed by atoms with Crippen molar-refractivity contribution in [3.8, 4) is 0 Å². The fourth-order valence-corrected chi connectivity index (χ4v) is 1.83. The van der Waals surface area contributed by atoms with Crippen LogP contribution in [0.3, 0.4) is 0 Å². The minimum Gasteiger partial charge on any atom is -0.326 e. The Bertz CT molecular complexity index is 655. The van der Waals surface area contributed by atoms with Gasteiger partial charge in [0.15, 0.2) is 5.78 Å². The van der Waals surface area contributed by atoms with Gasteiger partial charge < -0.3 is 4.57 Å². The van der Waals surface area contributed by atoms with Gasteiger partial charge in [-0.05, 0) is 30.3 Å². The van der Waals surface area contributed by atoms with Crippen molar-refractivity contribution in [2.24, 2.45) is 0 Å². The maximum Gasteiger partial charge on any atom is 0.182 e. The number of carbonyl (C=O) groups is 1. The summed E-state index contributed by atoms with van der Waals surface area (Å²) in [4.78, 5) is 12.0. The normalized spacial score (nSPS) is 9.79. The molecule has 19 heavy (non-hydrogen) atoms. The summed E-state index contributed by atoms with van der Waals surface area (Å²) in [7, 11) is 0. The molecular formula is C13H11BrCl2N2O. The molecule has 0 aliphatic carbocycles. The third kappa shape index (κ3) is 3.93. The number of hydrogen-bond donors (Lipinski definition) is 1. The zero-order chi connectivity index (χ0) is 13.1. The van der Waals surface area contributed by atoms with Crippen LogP contribution in [0, 0.1) is 5.41 Å². The standard InChI is InChI=1S/C13H10Cl2N2O.BrH/c14-10-5-4-9(7-11(10)15)12(18)8-17-6-2-1-3-13(17)16;/h1-7,16H,8H2;1H. The molecule has 1 aromatic heterocycles. The molecule has 100 valence electrons. The summed E-state index contributed by atoms with van der Waals surface area (Å²) in [6.45, 7) is 0.109. The number of hydrogen-bond acceptors (Lipinski definition) is 2. The number of benzene rings is 1. The zero-order valence-corrected chi connectivity index (χ0v) is 13.0. The average Bonchev–Trinajstić information content (AvgIpc) is 2.35. The van der Waals surface area contributed by atoms with Crippen molar-refractivity contribution in [1.82, 2.24) is 4.57 Å². The number of halogens is 3. The SMILES string of the molecule is Br.N=c1ccccn1CC(=O)c1ccc(Cl)c(Cl)c1. The zero-order valence-electron chi connectivity index (χ0n) is 9.77. The molecule has 6 heteroatoms. The topological polar surface area (TPSA) is 45.9 Å². The predicted octanol–water partition coefficient (Wildman–Crippen LogP) is 3.74. The number of Topliss-reactive ketones (excluding diaryl/α,β-unsaturated/α-hetero) is 1. The summed E-state index contributed by atoms with van der Waals surface area (Å²) in [6.07, 6.45) is 1.69. The van der Waals surface area contributed by atoms with E-state index in [4.69, 9.17) is 28.6 Å². The molecule has 1 N–H and O–H groups in total. The van der Waals surface area contributed by atoms with Crippen molar-refractivity contribution in [2.75, 3.05) is 0 Å². The van der Waals surface area contributed by atoms with E-state index in [9.17, 15) is 4.79 Å². The summed E-state index contributed by atoms with van der Waals surface area (Å²) in [5.74, 6) is -0.113. The van der Waals surface area contributed by atoms with Crippen LogP contribution in [0.25, 0.3) is 0 Å². The Balaban J connectivity index is 0.00000180. The van der Waals surface area contributed by atoms with Gasteiger partial charge in [0.05, 0.1) is 16.6 Å². The summed E-state index contributed by atoms with van der Waals surface area (Å²) >= 11 is 11.7. The third-order valence-electron chi connectivity index (χ3n) is 2.50. The van der Waals surface area contributed by atoms with E-state index in [-0.39, 0.29) is 34.8 Å². The predicted molar refractivity (Wildman–Crippen MR) is 81.4 cm³/mol. The lowest BCUT2D eigenvalue weighted by molar-refractivity contribution is 0.0970. The van der Waals surface area contributed by atoms with E-state index in [1.54, 1.807) is 47.2 Å². The van der Waals surface area contributed by atoms with Gasteiger partial charge in [-0.1, -0.05) is 29.3 Å². The highest BCUT2D eigenvalue weighted by atomic mass is 79.9. The van der Waals surface area contributed by atoms with Crippen molar-refractivity contribution >= 4 is 46.0 Å². The van der Waals surface area contributed by atoms with Gasteiger partial charge in [-0.25, -0.2) is 0 Å². The molecule has 0 bridgehead atoms. The van der Waals surface area contributed by atoms with E-state index in [0.29, 0.717) is 15.6 Å². The molecule has 1 aromatic carbocycles. The fraction of sp³-hybridized carbons (Fsp3) is 0.0769.